The molecule has 0 saturated carbocycles. The first kappa shape index (κ1) is 17.5. The molecule has 5 nitrogen and oxygen atoms in total. The number of nitrogens with zero attached hydrogens (tertiary/aromatic N) is 1. The summed E-state index contributed by atoms with van der Waals surface area (Å²) in [7, 11) is 0. The summed E-state index contributed by atoms with van der Waals surface area (Å²) in [6.07, 6.45) is 0.206. The average molecular weight is 319 g/mol. The second kappa shape index (κ2) is 8.11. The molecular formula is C18H25NO4. The van der Waals surface area contributed by atoms with Gasteiger partial charge >= 0.3 is 11.9 Å². The third-order valence-corrected chi connectivity index (χ3v) is 4.17. The van der Waals surface area contributed by atoms with Crippen LogP contribution in [-0.2, 0) is 14.3 Å². The molecule has 0 radical (unpaired) electrons. The Balaban J connectivity index is 2.08. The normalized spacial score (nSPS) is 21.9. The van der Waals surface area contributed by atoms with Crippen molar-refractivity contribution in [3.05, 3.63) is 35.9 Å². The Morgan fingerprint density at radius 3 is 2.57 bits per heavy atom. The molecule has 1 aromatic rings. The van der Waals surface area contributed by atoms with E-state index in [0.717, 1.165) is 6.54 Å². The van der Waals surface area contributed by atoms with Crippen LogP contribution in [0.4, 0.5) is 0 Å². The molecule has 23 heavy (non-hydrogen) atoms. The highest BCUT2D eigenvalue weighted by Crippen LogP contribution is 2.24. The molecule has 0 aromatic heterocycles. The largest absolute Gasteiger partial charge is 0.466 e. The summed E-state index contributed by atoms with van der Waals surface area (Å²) >= 11 is 0. The molecule has 1 heterocycles. The predicted octanol–water partition coefficient (Wildman–Crippen LogP) is 2.51. The summed E-state index contributed by atoms with van der Waals surface area (Å²) in [5, 5.41) is 0. The van der Waals surface area contributed by atoms with Gasteiger partial charge in [-0.2, -0.15) is 0 Å². The van der Waals surface area contributed by atoms with E-state index in [2.05, 4.69) is 18.7 Å². The molecule has 126 valence electrons. The molecule has 0 bridgehead atoms. The summed E-state index contributed by atoms with van der Waals surface area (Å²) in [6.45, 7) is 7.67. The third kappa shape index (κ3) is 4.55. The molecule has 1 saturated heterocycles. The first-order chi connectivity index (χ1) is 11.0. The zero-order valence-electron chi connectivity index (χ0n) is 14.0. The quantitative estimate of drug-likeness (QED) is 0.781. The summed E-state index contributed by atoms with van der Waals surface area (Å²) in [5.41, 5.74) is 0.501. The second-order valence-corrected chi connectivity index (χ2v) is 6.05. The Bertz CT molecular complexity index is 529. The maximum Gasteiger partial charge on any atom is 0.338 e. The van der Waals surface area contributed by atoms with Crippen LogP contribution in [0.1, 0.15) is 37.6 Å². The molecule has 2 rings (SSSR count). The number of carbonyl (C=O) groups is 2. The fraction of sp³-hybridized carbons (Fsp3) is 0.556. The maximum atomic E-state index is 12.3. The average Bonchev–Trinajstić information content (AvgIpc) is 2.56. The van der Waals surface area contributed by atoms with Gasteiger partial charge in [0.05, 0.1) is 12.2 Å². The Labute approximate surface area is 137 Å². The fourth-order valence-electron chi connectivity index (χ4n) is 2.82. The van der Waals surface area contributed by atoms with Crippen molar-refractivity contribution in [1.82, 2.24) is 4.90 Å². The summed E-state index contributed by atoms with van der Waals surface area (Å²) in [5.74, 6) is -1.11. The predicted molar refractivity (Wildman–Crippen MR) is 87.1 cm³/mol. The van der Waals surface area contributed by atoms with Crippen molar-refractivity contribution in [3.63, 3.8) is 0 Å². The van der Waals surface area contributed by atoms with Gasteiger partial charge in [0.25, 0.3) is 0 Å². The van der Waals surface area contributed by atoms with E-state index >= 15 is 0 Å². The number of ether oxygens (including phenoxy) is 2. The van der Waals surface area contributed by atoms with Gasteiger partial charge < -0.3 is 9.47 Å². The van der Waals surface area contributed by atoms with Gasteiger partial charge in [0.1, 0.15) is 12.0 Å². The van der Waals surface area contributed by atoms with Crippen LogP contribution in [0.25, 0.3) is 0 Å². The Hall–Kier alpha value is -1.88. The second-order valence-electron chi connectivity index (χ2n) is 6.05. The molecule has 1 fully saturated rings. The molecule has 1 aliphatic rings. The summed E-state index contributed by atoms with van der Waals surface area (Å²) < 4.78 is 10.8. The number of esters is 2. The number of carbonyl (C=O) groups excluding carboxylic acids is 2. The zero-order chi connectivity index (χ0) is 16.8. The van der Waals surface area contributed by atoms with E-state index in [1.54, 1.807) is 31.2 Å². The number of hydrogen-bond acceptors (Lipinski definition) is 5. The Morgan fingerprint density at radius 2 is 1.96 bits per heavy atom. The maximum absolute atomic E-state index is 12.3. The monoisotopic (exact) mass is 319 g/mol. The van der Waals surface area contributed by atoms with Crippen molar-refractivity contribution >= 4 is 11.9 Å². The molecule has 1 aromatic carbocycles. The van der Waals surface area contributed by atoms with Crippen molar-refractivity contribution < 1.29 is 19.1 Å². The topological polar surface area (TPSA) is 55.8 Å². The first-order valence-corrected chi connectivity index (χ1v) is 8.19. The number of rotatable bonds is 5. The molecule has 0 spiro atoms. The van der Waals surface area contributed by atoms with E-state index in [-0.39, 0.29) is 11.9 Å². The van der Waals surface area contributed by atoms with Gasteiger partial charge in [-0.15, -0.1) is 0 Å². The van der Waals surface area contributed by atoms with Gasteiger partial charge in [0.2, 0.25) is 0 Å². The SMILES string of the molecule is CCOC(=O)C1CN(C(C)C)CCC1OC(=O)c1ccccc1. The Morgan fingerprint density at radius 1 is 1.26 bits per heavy atom. The molecule has 0 amide bonds. The molecular weight excluding hydrogens is 294 g/mol. The van der Waals surface area contributed by atoms with Crippen LogP contribution in [0, 0.1) is 5.92 Å². The van der Waals surface area contributed by atoms with E-state index in [1.807, 2.05) is 6.07 Å². The van der Waals surface area contributed by atoms with Crippen LogP contribution < -0.4 is 0 Å². The lowest BCUT2D eigenvalue weighted by Gasteiger charge is -2.38. The van der Waals surface area contributed by atoms with Gasteiger partial charge in [-0.05, 0) is 39.3 Å². The third-order valence-electron chi connectivity index (χ3n) is 4.17. The van der Waals surface area contributed by atoms with E-state index in [9.17, 15) is 9.59 Å². The van der Waals surface area contributed by atoms with Crippen molar-refractivity contribution in [1.29, 1.82) is 0 Å². The first-order valence-electron chi connectivity index (χ1n) is 8.19. The van der Waals surface area contributed by atoms with Crippen LogP contribution in [0.3, 0.4) is 0 Å². The fourth-order valence-corrected chi connectivity index (χ4v) is 2.82. The molecule has 2 atom stereocenters. The van der Waals surface area contributed by atoms with Crippen molar-refractivity contribution in [2.24, 2.45) is 5.92 Å². The summed E-state index contributed by atoms with van der Waals surface area (Å²) in [4.78, 5) is 26.7. The van der Waals surface area contributed by atoms with E-state index in [0.29, 0.717) is 31.2 Å². The van der Waals surface area contributed by atoms with Crippen LogP contribution in [0.2, 0.25) is 0 Å². The highest BCUT2D eigenvalue weighted by Gasteiger charge is 2.38. The molecule has 1 aliphatic heterocycles. The summed E-state index contributed by atoms with van der Waals surface area (Å²) in [6, 6.07) is 9.20. The number of hydrogen-bond donors (Lipinski definition) is 0. The molecule has 0 N–H and O–H groups in total. The minimum atomic E-state index is -0.434. The van der Waals surface area contributed by atoms with E-state index in [1.165, 1.54) is 0 Å². The minimum absolute atomic E-state index is 0.288. The highest BCUT2D eigenvalue weighted by molar-refractivity contribution is 5.89. The van der Waals surface area contributed by atoms with Crippen LogP contribution in [-0.4, -0.2) is 48.7 Å². The standard InChI is InChI=1S/C18H25NO4/c1-4-22-18(21)15-12-19(13(2)3)11-10-16(15)23-17(20)14-8-6-5-7-9-14/h5-9,13,15-16H,4,10-12H2,1-3H3. The molecule has 2 unspecified atom stereocenters. The van der Waals surface area contributed by atoms with Gasteiger partial charge in [0, 0.05) is 19.1 Å². The highest BCUT2D eigenvalue weighted by atomic mass is 16.6. The lowest BCUT2D eigenvalue weighted by Crippen LogP contribution is -2.50. The lowest BCUT2D eigenvalue weighted by atomic mass is 9.93. The van der Waals surface area contributed by atoms with Gasteiger partial charge in [-0.1, -0.05) is 18.2 Å². The van der Waals surface area contributed by atoms with Gasteiger partial charge in [0.15, 0.2) is 0 Å². The van der Waals surface area contributed by atoms with Crippen molar-refractivity contribution in [2.75, 3.05) is 19.7 Å². The van der Waals surface area contributed by atoms with E-state index in [4.69, 9.17) is 9.47 Å². The number of benzene rings is 1. The van der Waals surface area contributed by atoms with Crippen LogP contribution in [0.5, 0.6) is 0 Å². The van der Waals surface area contributed by atoms with Crippen molar-refractivity contribution in [3.8, 4) is 0 Å². The Kier molecular flexibility index (Phi) is 6.16. The molecule has 0 aliphatic carbocycles. The lowest BCUT2D eigenvalue weighted by molar-refractivity contribution is -0.155. The smallest absolute Gasteiger partial charge is 0.338 e. The zero-order valence-corrected chi connectivity index (χ0v) is 14.0. The van der Waals surface area contributed by atoms with Gasteiger partial charge in [-0.25, -0.2) is 4.79 Å². The van der Waals surface area contributed by atoms with Crippen molar-refractivity contribution in [2.45, 2.75) is 39.3 Å². The number of likely N-dealkylation sites (tertiary alicyclic amines) is 1. The van der Waals surface area contributed by atoms with Crippen LogP contribution >= 0.6 is 0 Å². The van der Waals surface area contributed by atoms with E-state index < -0.39 is 12.0 Å². The number of piperidine rings is 1. The molecule has 5 heteroatoms. The minimum Gasteiger partial charge on any atom is -0.466 e. The van der Waals surface area contributed by atoms with Gasteiger partial charge in [-0.3, -0.25) is 9.69 Å². The van der Waals surface area contributed by atoms with Crippen LogP contribution in [0.15, 0.2) is 30.3 Å².